The van der Waals surface area contributed by atoms with E-state index in [1.165, 1.54) is 9.91 Å². The molecule has 5 aliphatic rings. The third-order valence-electron chi connectivity index (χ3n) is 8.41. The predicted molar refractivity (Wildman–Crippen MR) is 160 cm³/mol. The summed E-state index contributed by atoms with van der Waals surface area (Å²) in [5, 5.41) is 23.0. The second-order valence-corrected chi connectivity index (χ2v) is 12.5. The average Bonchev–Trinajstić information content (AvgIpc) is 3.27. The van der Waals surface area contributed by atoms with E-state index in [9.17, 15) is 14.7 Å². The minimum Gasteiger partial charge on any atom is -0.443 e. The number of amides is 2. The van der Waals surface area contributed by atoms with Gasteiger partial charge >= 0.3 is 6.09 Å². The number of carbonyl (C=O) groups excluding carboxylic acids is 2. The monoisotopic (exact) mass is 597 g/mol. The van der Waals surface area contributed by atoms with Crippen molar-refractivity contribution >= 4 is 24.6 Å². The Bertz CT molecular complexity index is 1290. The Labute approximate surface area is 252 Å². The summed E-state index contributed by atoms with van der Waals surface area (Å²) >= 11 is 0. The number of allylic oxidation sites excluding steroid dienone is 2. The molecular formula is C30H43N7O6. The van der Waals surface area contributed by atoms with Gasteiger partial charge in [-0.25, -0.2) is 9.79 Å². The van der Waals surface area contributed by atoms with E-state index < -0.39 is 17.9 Å². The summed E-state index contributed by atoms with van der Waals surface area (Å²) in [6.07, 6.45) is 8.08. The van der Waals surface area contributed by atoms with E-state index in [4.69, 9.17) is 19.2 Å². The third-order valence-corrected chi connectivity index (χ3v) is 8.41. The molecule has 13 heteroatoms. The van der Waals surface area contributed by atoms with Crippen molar-refractivity contribution in [3.8, 4) is 0 Å². The second kappa shape index (κ2) is 12.1. The number of fused-ring (bicyclic) bond motifs is 1. The van der Waals surface area contributed by atoms with Gasteiger partial charge in [0, 0.05) is 57.1 Å². The molecule has 234 valence electrons. The molecule has 1 saturated heterocycles. The fourth-order valence-electron chi connectivity index (χ4n) is 6.02. The highest BCUT2D eigenvalue weighted by atomic mass is 16.6. The zero-order valence-corrected chi connectivity index (χ0v) is 25.7. The van der Waals surface area contributed by atoms with Crippen LogP contribution >= 0.6 is 0 Å². The van der Waals surface area contributed by atoms with Gasteiger partial charge in [0.05, 0.1) is 30.6 Å². The van der Waals surface area contributed by atoms with Gasteiger partial charge in [0.1, 0.15) is 17.3 Å². The maximum Gasteiger partial charge on any atom is 0.415 e. The summed E-state index contributed by atoms with van der Waals surface area (Å²) < 4.78 is 16.6. The molecule has 2 aliphatic carbocycles. The van der Waals surface area contributed by atoms with E-state index in [1.54, 1.807) is 54.0 Å². The average molecular weight is 598 g/mol. The number of rotatable bonds is 7. The van der Waals surface area contributed by atoms with Crippen LogP contribution in [-0.2, 0) is 19.0 Å². The van der Waals surface area contributed by atoms with Gasteiger partial charge < -0.3 is 34.9 Å². The lowest BCUT2D eigenvalue weighted by molar-refractivity contribution is -0.118. The van der Waals surface area contributed by atoms with E-state index in [-0.39, 0.29) is 41.3 Å². The number of aliphatic hydroxyl groups is 1. The van der Waals surface area contributed by atoms with Crippen molar-refractivity contribution in [3.05, 3.63) is 47.3 Å². The molecule has 2 unspecified atom stereocenters. The number of amidine groups is 1. The van der Waals surface area contributed by atoms with Crippen LogP contribution in [0.3, 0.4) is 0 Å². The fourth-order valence-corrected chi connectivity index (χ4v) is 6.02. The molecule has 3 fully saturated rings. The lowest BCUT2D eigenvalue weighted by Gasteiger charge is -2.35. The molecule has 2 saturated carbocycles. The van der Waals surface area contributed by atoms with Gasteiger partial charge in [0.25, 0.3) is 5.91 Å². The lowest BCUT2D eigenvalue weighted by Crippen LogP contribution is -2.45. The molecule has 0 spiro atoms. The van der Waals surface area contributed by atoms with Crippen molar-refractivity contribution < 1.29 is 28.9 Å². The Hall–Kier alpha value is -3.68. The third kappa shape index (κ3) is 6.48. The first-order chi connectivity index (χ1) is 20.4. The summed E-state index contributed by atoms with van der Waals surface area (Å²) in [5.74, 6) is 1.23. The van der Waals surface area contributed by atoms with Gasteiger partial charge in [0.2, 0.25) is 0 Å². The highest BCUT2D eigenvalue weighted by Gasteiger charge is 2.58. The first-order valence-electron chi connectivity index (χ1n) is 14.7. The van der Waals surface area contributed by atoms with Crippen molar-refractivity contribution in [1.82, 2.24) is 25.4 Å². The number of aliphatic imine (C=N–C) groups is 1. The quantitative estimate of drug-likeness (QED) is 0.298. The number of methoxy groups -OCH3 is 1. The van der Waals surface area contributed by atoms with Crippen molar-refractivity contribution in [2.45, 2.75) is 77.0 Å². The number of ether oxygens (including phenoxy) is 3. The first-order valence-corrected chi connectivity index (χ1v) is 14.7. The first kappa shape index (κ1) is 30.8. The fraction of sp³-hybridized carbons (Fsp3) is 0.600. The van der Waals surface area contributed by atoms with E-state index in [0.717, 1.165) is 19.3 Å². The number of aliphatic hydroxyl groups excluding tert-OH is 1. The zero-order valence-electron chi connectivity index (χ0n) is 25.7. The minimum atomic E-state index is -0.938. The van der Waals surface area contributed by atoms with Crippen LogP contribution in [0.4, 0.5) is 4.79 Å². The van der Waals surface area contributed by atoms with Gasteiger partial charge in [-0.15, -0.1) is 0 Å². The van der Waals surface area contributed by atoms with Crippen LogP contribution in [0, 0.1) is 11.8 Å². The molecule has 6 atom stereocenters. The van der Waals surface area contributed by atoms with Crippen LogP contribution in [0.15, 0.2) is 57.4 Å². The normalized spacial score (nSPS) is 31.0. The molecular weight excluding hydrogens is 554 g/mol. The maximum absolute atomic E-state index is 13.4. The largest absolute Gasteiger partial charge is 0.443 e. The molecule has 5 rings (SSSR count). The van der Waals surface area contributed by atoms with Crippen LogP contribution in [0.25, 0.3) is 0 Å². The Balaban J connectivity index is 1.43. The molecule has 0 radical (unpaired) electrons. The van der Waals surface area contributed by atoms with E-state index in [1.807, 2.05) is 17.2 Å². The number of nitrogens with one attached hydrogen (secondary N) is 2. The topological polar surface area (TPSA) is 141 Å². The molecule has 13 nitrogen and oxygen atoms in total. The Morgan fingerprint density at radius 3 is 2.60 bits per heavy atom. The molecule has 0 aromatic carbocycles. The number of carbonyl (C=O) groups is 2. The molecule has 3 aliphatic heterocycles. The van der Waals surface area contributed by atoms with E-state index in [0.29, 0.717) is 36.6 Å². The summed E-state index contributed by atoms with van der Waals surface area (Å²) in [6, 6.07) is 0.175. The Kier molecular flexibility index (Phi) is 8.68. The number of nitrogens with zero attached hydrogens (tertiary/aromatic N) is 5. The van der Waals surface area contributed by atoms with Crippen LogP contribution in [0.1, 0.15) is 47.0 Å². The number of hydrogen-bond donors (Lipinski definition) is 3. The molecule has 0 aromatic rings. The summed E-state index contributed by atoms with van der Waals surface area (Å²) in [4.78, 5) is 34.5. The zero-order chi connectivity index (χ0) is 31.1. The van der Waals surface area contributed by atoms with Crippen LogP contribution in [0.2, 0.25) is 0 Å². The van der Waals surface area contributed by atoms with Gasteiger partial charge in [-0.05, 0) is 59.1 Å². The van der Waals surface area contributed by atoms with E-state index >= 15 is 0 Å². The molecule has 3 N–H and O–H groups in total. The van der Waals surface area contributed by atoms with Crippen LogP contribution < -0.4 is 10.6 Å². The van der Waals surface area contributed by atoms with E-state index in [2.05, 4.69) is 22.5 Å². The van der Waals surface area contributed by atoms with Crippen LogP contribution in [-0.4, -0.2) is 102 Å². The summed E-state index contributed by atoms with van der Waals surface area (Å²) in [5.41, 5.74) is 0.0404. The van der Waals surface area contributed by atoms with Gasteiger partial charge in [-0.3, -0.25) is 9.69 Å². The van der Waals surface area contributed by atoms with Gasteiger partial charge in [-0.2, -0.15) is 10.1 Å². The van der Waals surface area contributed by atoms with Gasteiger partial charge in [-0.1, -0.05) is 0 Å². The minimum absolute atomic E-state index is 0.0321. The number of hydrogen-bond acceptors (Lipinski definition) is 11. The van der Waals surface area contributed by atoms with Crippen molar-refractivity contribution in [3.63, 3.8) is 0 Å². The smallest absolute Gasteiger partial charge is 0.415 e. The highest BCUT2D eigenvalue weighted by molar-refractivity contribution is 5.99. The summed E-state index contributed by atoms with van der Waals surface area (Å²) in [6.45, 7) is 12.1. The van der Waals surface area contributed by atoms with Crippen molar-refractivity contribution in [1.29, 1.82) is 0 Å². The molecule has 0 bridgehead atoms. The number of hydrazone groups is 1. The van der Waals surface area contributed by atoms with Crippen molar-refractivity contribution in [2.75, 3.05) is 27.4 Å². The van der Waals surface area contributed by atoms with Crippen molar-refractivity contribution in [2.24, 2.45) is 21.9 Å². The molecule has 43 heavy (non-hydrogen) atoms. The Morgan fingerprint density at radius 2 is 1.98 bits per heavy atom. The Morgan fingerprint density at radius 1 is 1.26 bits per heavy atom. The molecule has 0 aromatic heterocycles. The summed E-state index contributed by atoms with van der Waals surface area (Å²) in [7, 11) is 3.22. The standard InChI is InChI=1S/C30H43N7O6/c1-17(27(38)32-18-10-11-19(13-18)41-7)26-34-23(14-24(37(26)31-5)35(6)29(40)43-30(2,3)4)33-22-9-8-12-36(28(22)39)25-20-15-42-16-21(20)25/h8-9,12,14,18-21,25,28,39H,5,10-11,13,15-16H2,1-4,6-7H3,(H,32,38)(H,33,34)/b26-17+/t18-,19-,20-,21+,25?,28?/m0/s1. The second-order valence-electron chi connectivity index (χ2n) is 12.5. The SMILES string of the molecule is C=NN1C(N(C)C(=O)OC(C)(C)C)=CC(NC2=CC=CN(C3[C@H]4COC[C@@H]34)C2O)=N/C1=C(/C)C(=O)N[C@H]1CC[C@H](OC)C1. The molecule has 2 amide bonds. The van der Waals surface area contributed by atoms with Gasteiger partial charge in [0.15, 0.2) is 12.0 Å². The molecule has 3 heterocycles. The van der Waals surface area contributed by atoms with Crippen LogP contribution in [0.5, 0.6) is 0 Å². The highest BCUT2D eigenvalue weighted by Crippen LogP contribution is 2.49. The lowest BCUT2D eigenvalue weighted by atomic mass is 10.2. The maximum atomic E-state index is 13.4. The predicted octanol–water partition coefficient (Wildman–Crippen LogP) is 2.21.